The number of aliphatic hydroxyl groups is 1. The number of nitrogens with zero attached hydrogens (tertiary/aromatic N) is 1. The van der Waals surface area contributed by atoms with Crippen LogP contribution in [0.1, 0.15) is 0 Å². The van der Waals surface area contributed by atoms with Crippen LogP contribution in [0.4, 0.5) is 10.5 Å². The molecule has 1 rings (SSSR count). The van der Waals surface area contributed by atoms with Crippen LogP contribution in [-0.2, 0) is 4.74 Å². The lowest BCUT2D eigenvalue weighted by atomic mass is 10.3. The van der Waals surface area contributed by atoms with Crippen LogP contribution in [0.3, 0.4) is 0 Å². The summed E-state index contributed by atoms with van der Waals surface area (Å²) >= 11 is 1.96. The van der Waals surface area contributed by atoms with E-state index in [-0.39, 0.29) is 13.2 Å². The van der Waals surface area contributed by atoms with E-state index in [1.54, 1.807) is 12.1 Å². The Morgan fingerprint density at radius 2 is 2.18 bits per heavy atom. The van der Waals surface area contributed by atoms with Gasteiger partial charge in [0.2, 0.25) is 0 Å². The maximum atomic E-state index is 11.8. The van der Waals surface area contributed by atoms with Crippen LogP contribution in [0.25, 0.3) is 0 Å². The van der Waals surface area contributed by atoms with E-state index in [1.807, 2.05) is 40.8 Å². The zero-order valence-electron chi connectivity index (χ0n) is 9.04. The van der Waals surface area contributed by atoms with E-state index >= 15 is 0 Å². The number of carbonyl (C=O) groups excluding carboxylic acids is 1. The molecule has 0 saturated heterocycles. The molecule has 4 nitrogen and oxygen atoms in total. The van der Waals surface area contributed by atoms with E-state index in [9.17, 15) is 4.79 Å². The van der Waals surface area contributed by atoms with E-state index in [1.165, 1.54) is 4.90 Å². The minimum Gasteiger partial charge on any atom is -0.447 e. The lowest BCUT2D eigenvalue weighted by molar-refractivity contribution is 0.125. The molecule has 1 amide bonds. The van der Waals surface area contributed by atoms with Gasteiger partial charge in [-0.3, -0.25) is 4.90 Å². The molecule has 1 atom stereocenters. The molecule has 5 heteroatoms. The van der Waals surface area contributed by atoms with Gasteiger partial charge < -0.3 is 9.84 Å². The number of terminal acetylenes is 1. The van der Waals surface area contributed by atoms with Crippen molar-refractivity contribution in [2.75, 3.05) is 18.1 Å². The Kier molecular flexibility index (Phi) is 5.80. The topological polar surface area (TPSA) is 49.8 Å². The lowest BCUT2D eigenvalue weighted by Gasteiger charge is -2.23. The van der Waals surface area contributed by atoms with Gasteiger partial charge in [-0.1, -0.05) is 24.1 Å². The van der Waals surface area contributed by atoms with Crippen molar-refractivity contribution in [1.29, 1.82) is 0 Å². The molecule has 0 fully saturated rings. The van der Waals surface area contributed by atoms with Crippen molar-refractivity contribution in [3.8, 4) is 12.3 Å². The number of amides is 1. The molecule has 0 aliphatic rings. The number of rotatable bonds is 4. The summed E-state index contributed by atoms with van der Waals surface area (Å²) in [6.07, 6.45) is 4.75. The third-order valence-electron chi connectivity index (χ3n) is 1.91. The molecule has 0 aliphatic carbocycles. The van der Waals surface area contributed by atoms with E-state index in [2.05, 4.69) is 5.92 Å². The smallest absolute Gasteiger partial charge is 0.416 e. The lowest BCUT2D eigenvalue weighted by Crippen LogP contribution is -2.37. The fourth-order valence-electron chi connectivity index (χ4n) is 1.19. The largest absolute Gasteiger partial charge is 0.447 e. The molecule has 0 aliphatic heterocycles. The van der Waals surface area contributed by atoms with Crippen LogP contribution in [0.5, 0.6) is 0 Å². The quantitative estimate of drug-likeness (QED) is 0.393. The van der Waals surface area contributed by atoms with Crippen LogP contribution >= 0.6 is 22.6 Å². The molecule has 1 aromatic carbocycles. The number of halogens is 1. The van der Waals surface area contributed by atoms with Gasteiger partial charge in [-0.25, -0.2) is 4.79 Å². The van der Waals surface area contributed by atoms with E-state index in [0.717, 1.165) is 0 Å². The van der Waals surface area contributed by atoms with E-state index in [0.29, 0.717) is 5.69 Å². The van der Waals surface area contributed by atoms with Gasteiger partial charge in [-0.15, -0.1) is 6.42 Å². The van der Waals surface area contributed by atoms with E-state index in [4.69, 9.17) is 16.3 Å². The minimum atomic E-state index is -0.567. The van der Waals surface area contributed by atoms with Crippen LogP contribution in [0.2, 0.25) is 0 Å². The number of para-hydroxylation sites is 1. The highest BCUT2D eigenvalue weighted by Crippen LogP contribution is 2.20. The molecule has 1 aromatic rings. The van der Waals surface area contributed by atoms with Crippen LogP contribution in [-0.4, -0.2) is 28.5 Å². The highest BCUT2D eigenvalue weighted by atomic mass is 127. The molecule has 0 aromatic heterocycles. The summed E-state index contributed by atoms with van der Waals surface area (Å²) in [4.78, 5) is 13.2. The molecule has 0 spiro atoms. The normalized spacial score (nSPS) is 11.4. The second-order valence-electron chi connectivity index (χ2n) is 3.05. The summed E-state index contributed by atoms with van der Waals surface area (Å²) in [5, 5.41) is 8.63. The fraction of sp³-hybridized carbons (Fsp3) is 0.250. The van der Waals surface area contributed by atoms with Gasteiger partial charge in [0.1, 0.15) is 6.61 Å². The molecular formula is C12H12INO3. The molecular weight excluding hydrogens is 333 g/mol. The number of benzene rings is 1. The van der Waals surface area contributed by atoms with Crippen molar-refractivity contribution in [2.24, 2.45) is 0 Å². The molecule has 1 N–H and O–H groups in total. The minimum absolute atomic E-state index is 0.0455. The Bertz CT molecular complexity index is 402. The first-order valence-corrected chi connectivity index (χ1v) is 6.17. The number of hydrogen-bond donors (Lipinski definition) is 1. The number of carbonyl (C=O) groups is 1. The van der Waals surface area contributed by atoms with Crippen molar-refractivity contribution >= 4 is 34.4 Å². The Hall–Kier alpha value is -1.26. The molecule has 90 valence electrons. The molecule has 0 saturated carbocycles. The summed E-state index contributed by atoms with van der Waals surface area (Å²) in [6, 6.07) is 8.99. The summed E-state index contributed by atoms with van der Waals surface area (Å²) in [5.41, 5.74) is 0.660. The van der Waals surface area contributed by atoms with Gasteiger partial charge in [0.05, 0.1) is 6.61 Å². The maximum Gasteiger partial charge on any atom is 0.416 e. The summed E-state index contributed by atoms with van der Waals surface area (Å²) in [7, 11) is 0. The summed E-state index contributed by atoms with van der Waals surface area (Å²) < 4.78 is 4.42. The number of hydrogen-bond acceptors (Lipinski definition) is 3. The van der Waals surface area contributed by atoms with Gasteiger partial charge in [0, 0.05) is 5.69 Å². The van der Waals surface area contributed by atoms with Gasteiger partial charge in [-0.2, -0.15) is 0 Å². The molecule has 0 bridgehead atoms. The summed E-state index contributed by atoms with van der Waals surface area (Å²) in [5.74, 6) is 2.47. The standard InChI is InChI=1S/C12H12INO3/c1-2-11(13)14(12(16)17-9-8-15)10-6-4-3-5-7-10/h1,3-7,11,15H,8-9H2. The highest BCUT2D eigenvalue weighted by molar-refractivity contribution is 14.1. The van der Waals surface area contributed by atoms with E-state index < -0.39 is 10.1 Å². The monoisotopic (exact) mass is 345 g/mol. The average molecular weight is 345 g/mol. The molecule has 0 radical (unpaired) electrons. The van der Waals surface area contributed by atoms with Crippen LogP contribution < -0.4 is 4.90 Å². The average Bonchev–Trinajstić information content (AvgIpc) is 2.37. The second-order valence-corrected chi connectivity index (χ2v) is 4.23. The first-order valence-electron chi connectivity index (χ1n) is 4.92. The first kappa shape index (κ1) is 13.8. The molecule has 17 heavy (non-hydrogen) atoms. The number of alkyl halides is 1. The van der Waals surface area contributed by atoms with Crippen molar-refractivity contribution in [1.82, 2.24) is 0 Å². The Balaban J connectivity index is 2.89. The predicted octanol–water partition coefficient (Wildman–Crippen LogP) is 2.02. The van der Waals surface area contributed by atoms with Gasteiger partial charge in [0.25, 0.3) is 0 Å². The van der Waals surface area contributed by atoms with Gasteiger partial charge >= 0.3 is 6.09 Å². The second kappa shape index (κ2) is 7.14. The Morgan fingerprint density at radius 3 is 2.71 bits per heavy atom. The third kappa shape index (κ3) is 3.91. The SMILES string of the molecule is C#CC(I)N(C(=O)OCCO)c1ccccc1. The first-order chi connectivity index (χ1) is 8.20. The fourth-order valence-corrected chi connectivity index (χ4v) is 1.74. The van der Waals surface area contributed by atoms with Crippen molar-refractivity contribution in [2.45, 2.75) is 4.05 Å². The van der Waals surface area contributed by atoms with Gasteiger partial charge in [-0.05, 0) is 34.7 Å². The number of anilines is 1. The third-order valence-corrected chi connectivity index (χ3v) is 2.83. The highest BCUT2D eigenvalue weighted by Gasteiger charge is 2.22. The molecule has 0 heterocycles. The Labute approximate surface area is 114 Å². The Morgan fingerprint density at radius 1 is 1.53 bits per heavy atom. The van der Waals surface area contributed by atoms with Crippen molar-refractivity contribution in [3.63, 3.8) is 0 Å². The predicted molar refractivity (Wildman–Crippen MR) is 74.0 cm³/mol. The summed E-state index contributed by atoms with van der Waals surface area (Å²) in [6.45, 7) is -0.258. The zero-order chi connectivity index (χ0) is 12.7. The zero-order valence-corrected chi connectivity index (χ0v) is 11.2. The van der Waals surface area contributed by atoms with Crippen LogP contribution in [0.15, 0.2) is 30.3 Å². The van der Waals surface area contributed by atoms with Crippen molar-refractivity contribution in [3.05, 3.63) is 30.3 Å². The maximum absolute atomic E-state index is 11.8. The molecule has 1 unspecified atom stereocenters. The van der Waals surface area contributed by atoms with Gasteiger partial charge in [0.15, 0.2) is 4.05 Å². The van der Waals surface area contributed by atoms with Crippen LogP contribution in [0, 0.1) is 12.3 Å². The van der Waals surface area contributed by atoms with Crippen molar-refractivity contribution < 1.29 is 14.6 Å². The number of aliphatic hydroxyl groups excluding tert-OH is 1. The number of ether oxygens (including phenoxy) is 1.